The molecule has 3 heterocycles. The van der Waals surface area contributed by atoms with Crippen molar-refractivity contribution < 1.29 is 18.0 Å². The van der Waals surface area contributed by atoms with Gasteiger partial charge in [0.15, 0.2) is 11.3 Å². The first-order valence-corrected chi connectivity index (χ1v) is 7.37. The quantitative estimate of drug-likeness (QED) is 0.733. The van der Waals surface area contributed by atoms with E-state index >= 15 is 0 Å². The van der Waals surface area contributed by atoms with Crippen LogP contribution in [0.5, 0.6) is 0 Å². The van der Waals surface area contributed by atoms with Gasteiger partial charge < -0.3 is 5.32 Å². The molecule has 3 aromatic rings. The number of nitriles is 1. The lowest BCUT2D eigenvalue weighted by atomic mass is 10.3. The monoisotopic (exact) mass is 383 g/mol. The molecule has 0 radical (unpaired) electrons. The topological polar surface area (TPSA) is 101 Å². The first kappa shape index (κ1) is 17.7. The molecule has 12 heteroatoms. The minimum atomic E-state index is -4.72. The van der Waals surface area contributed by atoms with Crippen LogP contribution in [0.4, 0.5) is 19.0 Å². The van der Waals surface area contributed by atoms with Crippen LogP contribution >= 0.6 is 11.6 Å². The van der Waals surface area contributed by atoms with E-state index in [1.54, 1.807) is 0 Å². The van der Waals surface area contributed by atoms with Crippen LogP contribution in [0, 0.1) is 18.3 Å². The predicted octanol–water partition coefficient (Wildman–Crippen LogP) is 2.57. The highest BCUT2D eigenvalue weighted by molar-refractivity contribution is 6.37. The molecule has 1 amide bonds. The predicted molar refractivity (Wildman–Crippen MR) is 83.6 cm³/mol. The van der Waals surface area contributed by atoms with Crippen LogP contribution in [0.3, 0.4) is 0 Å². The second-order valence-electron chi connectivity index (χ2n) is 5.27. The van der Waals surface area contributed by atoms with Gasteiger partial charge in [-0.05, 0) is 13.0 Å². The van der Waals surface area contributed by atoms with Crippen molar-refractivity contribution in [3.8, 4) is 6.07 Å². The number of aromatic nitrogens is 5. The molecule has 0 spiro atoms. The van der Waals surface area contributed by atoms with Crippen molar-refractivity contribution in [2.24, 2.45) is 7.05 Å². The van der Waals surface area contributed by atoms with Crippen molar-refractivity contribution in [3.05, 3.63) is 39.9 Å². The summed E-state index contributed by atoms with van der Waals surface area (Å²) in [6.07, 6.45) is -3.49. The third-order valence-corrected chi connectivity index (χ3v) is 3.81. The van der Waals surface area contributed by atoms with Crippen LogP contribution in [0.15, 0.2) is 12.3 Å². The Labute approximate surface area is 148 Å². The van der Waals surface area contributed by atoms with Crippen LogP contribution in [-0.4, -0.2) is 30.3 Å². The fourth-order valence-corrected chi connectivity index (χ4v) is 2.54. The molecule has 0 aromatic carbocycles. The Morgan fingerprint density at radius 3 is 2.73 bits per heavy atom. The summed E-state index contributed by atoms with van der Waals surface area (Å²) in [5.41, 5.74) is -1.73. The molecule has 0 fully saturated rings. The highest BCUT2D eigenvalue weighted by Gasteiger charge is 2.36. The summed E-state index contributed by atoms with van der Waals surface area (Å²) < 4.78 is 41.3. The zero-order valence-electron chi connectivity index (χ0n) is 13.3. The molecule has 134 valence electrons. The molecular weight excluding hydrogens is 375 g/mol. The van der Waals surface area contributed by atoms with E-state index in [0.717, 1.165) is 6.07 Å². The molecule has 0 atom stereocenters. The SMILES string of the molecule is Cc1cc(C(F)(F)F)n2nc(C(=O)Nc3c(C#N)cnn3C)c(Cl)c2n1. The molecule has 3 aromatic heterocycles. The number of anilines is 1. The molecule has 0 aliphatic carbocycles. The van der Waals surface area contributed by atoms with Gasteiger partial charge in [-0.15, -0.1) is 0 Å². The summed E-state index contributed by atoms with van der Waals surface area (Å²) >= 11 is 6.04. The van der Waals surface area contributed by atoms with Gasteiger partial charge >= 0.3 is 6.18 Å². The lowest BCUT2D eigenvalue weighted by Crippen LogP contribution is -2.17. The number of aryl methyl sites for hydroxylation is 2. The first-order chi connectivity index (χ1) is 12.1. The Morgan fingerprint density at radius 1 is 1.42 bits per heavy atom. The number of halogens is 4. The summed E-state index contributed by atoms with van der Waals surface area (Å²) in [7, 11) is 1.48. The number of fused-ring (bicyclic) bond motifs is 1. The standard InChI is InChI=1S/C14H9ClF3N7O/c1-6-3-8(14(16,17)18)25-12(21-6)9(15)10(23-25)13(26)22-11-7(4-19)5-20-24(11)2/h3,5H,1-2H3,(H,22,26). The van der Waals surface area contributed by atoms with Crippen molar-refractivity contribution >= 4 is 29.0 Å². The number of amides is 1. The fourth-order valence-electron chi connectivity index (χ4n) is 2.29. The smallest absolute Gasteiger partial charge is 0.304 e. The molecule has 0 bridgehead atoms. The number of nitrogens with zero attached hydrogens (tertiary/aromatic N) is 6. The number of carbonyl (C=O) groups is 1. The zero-order valence-corrected chi connectivity index (χ0v) is 14.0. The van der Waals surface area contributed by atoms with E-state index < -0.39 is 23.5 Å². The number of carbonyl (C=O) groups excluding carboxylic acids is 1. The summed E-state index contributed by atoms with van der Waals surface area (Å²) in [6, 6.07) is 2.63. The van der Waals surface area contributed by atoms with Crippen molar-refractivity contribution in [2.75, 3.05) is 5.32 Å². The van der Waals surface area contributed by atoms with Crippen LogP contribution in [0.2, 0.25) is 5.02 Å². The van der Waals surface area contributed by atoms with Gasteiger partial charge in [0, 0.05) is 12.7 Å². The number of alkyl halides is 3. The van der Waals surface area contributed by atoms with Gasteiger partial charge in [0.1, 0.15) is 28.2 Å². The van der Waals surface area contributed by atoms with E-state index in [1.807, 2.05) is 6.07 Å². The average Bonchev–Trinajstić information content (AvgIpc) is 3.07. The molecule has 1 N–H and O–H groups in total. The zero-order chi connectivity index (χ0) is 19.2. The molecule has 0 unspecified atom stereocenters. The maximum Gasteiger partial charge on any atom is 0.433 e. The maximum absolute atomic E-state index is 13.2. The third-order valence-electron chi connectivity index (χ3n) is 3.46. The van der Waals surface area contributed by atoms with E-state index in [4.69, 9.17) is 16.9 Å². The third kappa shape index (κ3) is 2.84. The number of nitrogens with one attached hydrogen (secondary N) is 1. The van der Waals surface area contributed by atoms with Crippen LogP contribution in [-0.2, 0) is 13.2 Å². The maximum atomic E-state index is 13.2. The summed E-state index contributed by atoms with van der Waals surface area (Å²) in [4.78, 5) is 16.4. The first-order valence-electron chi connectivity index (χ1n) is 7.00. The minimum absolute atomic E-state index is 0.0609. The average molecular weight is 384 g/mol. The van der Waals surface area contributed by atoms with E-state index in [9.17, 15) is 18.0 Å². The van der Waals surface area contributed by atoms with Gasteiger partial charge in [0.25, 0.3) is 5.91 Å². The summed E-state index contributed by atoms with van der Waals surface area (Å²) in [6.45, 7) is 1.37. The Balaban J connectivity index is 2.11. The van der Waals surface area contributed by atoms with Crippen LogP contribution in [0.25, 0.3) is 5.65 Å². The van der Waals surface area contributed by atoms with Crippen molar-refractivity contribution in [3.63, 3.8) is 0 Å². The second kappa shape index (κ2) is 5.99. The fraction of sp³-hybridized carbons (Fsp3) is 0.214. The molecule has 0 aliphatic heterocycles. The number of hydrogen-bond acceptors (Lipinski definition) is 5. The Kier molecular flexibility index (Phi) is 4.08. The van der Waals surface area contributed by atoms with Crippen LogP contribution < -0.4 is 5.32 Å². The molecular formula is C14H9ClF3N7O. The van der Waals surface area contributed by atoms with Gasteiger partial charge in [-0.1, -0.05) is 11.6 Å². The number of hydrogen-bond donors (Lipinski definition) is 1. The van der Waals surface area contributed by atoms with Gasteiger partial charge in [-0.25, -0.2) is 9.50 Å². The van der Waals surface area contributed by atoms with Crippen molar-refractivity contribution in [1.29, 1.82) is 5.26 Å². The normalized spacial score (nSPS) is 11.6. The van der Waals surface area contributed by atoms with Gasteiger partial charge in [-0.2, -0.15) is 28.6 Å². The van der Waals surface area contributed by atoms with E-state index in [0.29, 0.717) is 4.52 Å². The largest absolute Gasteiger partial charge is 0.433 e. The lowest BCUT2D eigenvalue weighted by Gasteiger charge is -2.09. The molecule has 0 saturated heterocycles. The van der Waals surface area contributed by atoms with E-state index in [2.05, 4.69) is 20.5 Å². The van der Waals surface area contributed by atoms with E-state index in [1.165, 1.54) is 24.9 Å². The Bertz CT molecular complexity index is 1080. The summed E-state index contributed by atoms with van der Waals surface area (Å²) in [5, 5.41) is 18.5. The highest BCUT2D eigenvalue weighted by Crippen LogP contribution is 2.32. The van der Waals surface area contributed by atoms with E-state index in [-0.39, 0.29) is 27.7 Å². The van der Waals surface area contributed by atoms with Crippen molar-refractivity contribution in [2.45, 2.75) is 13.1 Å². The molecule has 0 saturated carbocycles. The number of rotatable bonds is 2. The second-order valence-corrected chi connectivity index (χ2v) is 5.65. The highest BCUT2D eigenvalue weighted by atomic mass is 35.5. The molecule has 8 nitrogen and oxygen atoms in total. The van der Waals surface area contributed by atoms with Gasteiger partial charge in [-0.3, -0.25) is 9.48 Å². The summed E-state index contributed by atoms with van der Waals surface area (Å²) in [5.74, 6) is -0.836. The molecule has 0 aliphatic rings. The van der Waals surface area contributed by atoms with Gasteiger partial charge in [0.05, 0.1) is 6.20 Å². The van der Waals surface area contributed by atoms with Gasteiger partial charge in [0.2, 0.25) is 0 Å². The minimum Gasteiger partial charge on any atom is -0.304 e. The Hall–Kier alpha value is -3.13. The Morgan fingerprint density at radius 2 is 2.12 bits per heavy atom. The van der Waals surface area contributed by atoms with Crippen molar-refractivity contribution in [1.82, 2.24) is 24.4 Å². The molecule has 3 rings (SSSR count). The molecule has 26 heavy (non-hydrogen) atoms. The lowest BCUT2D eigenvalue weighted by molar-refractivity contribution is -0.142. The van der Waals surface area contributed by atoms with Crippen LogP contribution in [0.1, 0.15) is 27.4 Å².